The lowest BCUT2D eigenvalue weighted by atomic mass is 10.3. The number of pyridine rings is 1. The first-order valence-electron chi connectivity index (χ1n) is 4.73. The van der Waals surface area contributed by atoms with Crippen LogP contribution in [0, 0.1) is 0 Å². The Hall–Kier alpha value is -1.10. The maximum atomic E-state index is 4.31. The van der Waals surface area contributed by atoms with Crippen molar-refractivity contribution in [2.45, 2.75) is 18.2 Å². The van der Waals surface area contributed by atoms with Crippen molar-refractivity contribution in [3.05, 3.63) is 18.3 Å². The fourth-order valence-corrected chi connectivity index (χ4v) is 2.95. The third-order valence-corrected chi connectivity index (χ3v) is 3.75. The number of aromatic nitrogens is 4. The zero-order valence-corrected chi connectivity index (χ0v) is 8.44. The number of fused-ring (bicyclic) bond motifs is 1. The summed E-state index contributed by atoms with van der Waals surface area (Å²) in [6.07, 6.45) is 4.24. The lowest BCUT2D eigenvalue weighted by Crippen LogP contribution is -2.04. The molecular formula is C9H10N4S. The molecule has 3 rings (SSSR count). The zero-order valence-electron chi connectivity index (χ0n) is 7.63. The fourth-order valence-electron chi connectivity index (χ4n) is 1.73. The molecule has 14 heavy (non-hydrogen) atoms. The minimum absolute atomic E-state index is 0.440. The highest BCUT2D eigenvalue weighted by molar-refractivity contribution is 7.99. The van der Waals surface area contributed by atoms with Crippen molar-refractivity contribution in [2.24, 2.45) is 0 Å². The molecule has 0 bridgehead atoms. The summed E-state index contributed by atoms with van der Waals surface area (Å²) in [5.41, 5.74) is 1.80. The number of hydrogen-bond donors (Lipinski definition) is 0. The molecule has 72 valence electrons. The standard InChI is InChI=1S/C9H10N4S/c1-3-7-9(10-5-1)13(12-11-7)8-4-2-6-14-8/h1,3,5,8H,2,4,6H2. The molecule has 1 atom stereocenters. The average molecular weight is 206 g/mol. The molecule has 4 nitrogen and oxygen atoms in total. The first-order valence-corrected chi connectivity index (χ1v) is 5.77. The number of rotatable bonds is 1. The Morgan fingerprint density at radius 2 is 2.50 bits per heavy atom. The predicted molar refractivity (Wildman–Crippen MR) is 56.1 cm³/mol. The van der Waals surface area contributed by atoms with Crippen LogP contribution in [0.1, 0.15) is 18.2 Å². The van der Waals surface area contributed by atoms with E-state index in [2.05, 4.69) is 15.3 Å². The van der Waals surface area contributed by atoms with E-state index in [1.54, 1.807) is 6.20 Å². The van der Waals surface area contributed by atoms with Crippen molar-refractivity contribution in [1.82, 2.24) is 20.0 Å². The summed E-state index contributed by atoms with van der Waals surface area (Å²) in [6.45, 7) is 0. The molecule has 0 aromatic carbocycles. The Kier molecular flexibility index (Phi) is 1.90. The van der Waals surface area contributed by atoms with Crippen molar-refractivity contribution < 1.29 is 0 Å². The molecule has 1 fully saturated rings. The second kappa shape index (κ2) is 3.24. The van der Waals surface area contributed by atoms with Crippen LogP contribution in [0.3, 0.4) is 0 Å². The molecule has 0 N–H and O–H groups in total. The van der Waals surface area contributed by atoms with Crippen molar-refractivity contribution in [3.8, 4) is 0 Å². The van der Waals surface area contributed by atoms with E-state index in [1.165, 1.54) is 18.6 Å². The maximum absolute atomic E-state index is 4.31. The second-order valence-electron chi connectivity index (χ2n) is 3.35. The topological polar surface area (TPSA) is 43.6 Å². The van der Waals surface area contributed by atoms with Gasteiger partial charge in [-0.15, -0.1) is 16.9 Å². The lowest BCUT2D eigenvalue weighted by Gasteiger charge is -2.07. The predicted octanol–water partition coefficient (Wildman–Crippen LogP) is 1.85. The van der Waals surface area contributed by atoms with Gasteiger partial charge >= 0.3 is 0 Å². The molecule has 5 heteroatoms. The van der Waals surface area contributed by atoms with Crippen LogP contribution in [0.4, 0.5) is 0 Å². The van der Waals surface area contributed by atoms with E-state index in [9.17, 15) is 0 Å². The monoisotopic (exact) mass is 206 g/mol. The van der Waals surface area contributed by atoms with Gasteiger partial charge in [0.1, 0.15) is 10.9 Å². The molecule has 1 aliphatic heterocycles. The van der Waals surface area contributed by atoms with Gasteiger partial charge in [0.15, 0.2) is 5.65 Å². The fraction of sp³-hybridized carbons (Fsp3) is 0.444. The van der Waals surface area contributed by atoms with Gasteiger partial charge in [0, 0.05) is 6.20 Å². The van der Waals surface area contributed by atoms with Gasteiger partial charge in [0.2, 0.25) is 0 Å². The number of hydrogen-bond acceptors (Lipinski definition) is 4. The Bertz CT molecular complexity index is 447. The quantitative estimate of drug-likeness (QED) is 0.714. The highest BCUT2D eigenvalue weighted by Gasteiger charge is 2.20. The van der Waals surface area contributed by atoms with Crippen LogP contribution in [-0.2, 0) is 0 Å². The molecule has 0 amide bonds. The van der Waals surface area contributed by atoms with Crippen LogP contribution in [0.5, 0.6) is 0 Å². The highest BCUT2D eigenvalue weighted by Crippen LogP contribution is 2.35. The minimum Gasteiger partial charge on any atom is -0.235 e. The molecule has 2 aromatic rings. The van der Waals surface area contributed by atoms with Crippen molar-refractivity contribution >= 4 is 22.9 Å². The van der Waals surface area contributed by atoms with Gasteiger partial charge < -0.3 is 0 Å². The Labute approximate surface area is 85.7 Å². The van der Waals surface area contributed by atoms with E-state index in [0.29, 0.717) is 5.37 Å². The molecule has 0 radical (unpaired) electrons. The highest BCUT2D eigenvalue weighted by atomic mass is 32.2. The van der Waals surface area contributed by atoms with Gasteiger partial charge in [-0.1, -0.05) is 5.21 Å². The molecule has 1 aliphatic rings. The first kappa shape index (κ1) is 8.23. The lowest BCUT2D eigenvalue weighted by molar-refractivity contribution is 0.569. The first-order chi connectivity index (χ1) is 6.95. The van der Waals surface area contributed by atoms with Gasteiger partial charge in [0.25, 0.3) is 0 Å². The summed E-state index contributed by atoms with van der Waals surface area (Å²) in [7, 11) is 0. The molecule has 0 saturated carbocycles. The van der Waals surface area contributed by atoms with Gasteiger partial charge in [-0.3, -0.25) is 0 Å². The van der Waals surface area contributed by atoms with E-state index < -0.39 is 0 Å². The number of thioether (sulfide) groups is 1. The van der Waals surface area contributed by atoms with Gasteiger partial charge in [-0.05, 0) is 30.7 Å². The molecule has 1 saturated heterocycles. The van der Waals surface area contributed by atoms with E-state index in [1.807, 2.05) is 28.6 Å². The SMILES string of the molecule is c1cnc2c(c1)nnn2C1CCCS1. The summed E-state index contributed by atoms with van der Waals surface area (Å²) in [6, 6.07) is 3.84. The van der Waals surface area contributed by atoms with Crippen molar-refractivity contribution in [1.29, 1.82) is 0 Å². The average Bonchev–Trinajstić information content (AvgIpc) is 2.85. The Balaban J connectivity index is 2.11. The third-order valence-electron chi connectivity index (χ3n) is 2.41. The van der Waals surface area contributed by atoms with Crippen LogP contribution in [-0.4, -0.2) is 25.7 Å². The van der Waals surface area contributed by atoms with E-state index in [-0.39, 0.29) is 0 Å². The molecule has 1 unspecified atom stereocenters. The van der Waals surface area contributed by atoms with Crippen LogP contribution in [0.25, 0.3) is 11.2 Å². The Morgan fingerprint density at radius 3 is 3.36 bits per heavy atom. The van der Waals surface area contributed by atoms with Crippen LogP contribution < -0.4 is 0 Å². The van der Waals surface area contributed by atoms with Gasteiger partial charge in [0.05, 0.1) is 0 Å². The summed E-state index contributed by atoms with van der Waals surface area (Å²) in [5, 5.41) is 8.70. The smallest absolute Gasteiger partial charge is 0.179 e. The molecule has 0 aliphatic carbocycles. The summed E-state index contributed by atoms with van der Waals surface area (Å²) in [5.74, 6) is 1.22. The third kappa shape index (κ3) is 1.19. The van der Waals surface area contributed by atoms with Crippen molar-refractivity contribution in [3.63, 3.8) is 0 Å². The molecular weight excluding hydrogens is 196 g/mol. The Morgan fingerprint density at radius 1 is 1.50 bits per heavy atom. The summed E-state index contributed by atoms with van der Waals surface area (Å²) >= 11 is 1.94. The molecule has 3 heterocycles. The molecule has 0 spiro atoms. The second-order valence-corrected chi connectivity index (χ2v) is 4.63. The summed E-state index contributed by atoms with van der Waals surface area (Å²) < 4.78 is 1.95. The maximum Gasteiger partial charge on any atom is 0.179 e. The van der Waals surface area contributed by atoms with Crippen LogP contribution in [0.2, 0.25) is 0 Å². The van der Waals surface area contributed by atoms with E-state index in [0.717, 1.165) is 11.2 Å². The van der Waals surface area contributed by atoms with E-state index >= 15 is 0 Å². The zero-order chi connectivity index (χ0) is 9.38. The van der Waals surface area contributed by atoms with E-state index in [4.69, 9.17) is 0 Å². The summed E-state index contributed by atoms with van der Waals surface area (Å²) in [4.78, 5) is 4.31. The van der Waals surface area contributed by atoms with Crippen molar-refractivity contribution in [2.75, 3.05) is 5.75 Å². The largest absolute Gasteiger partial charge is 0.235 e. The number of nitrogens with zero attached hydrogens (tertiary/aromatic N) is 4. The van der Waals surface area contributed by atoms with Gasteiger partial charge in [-0.25, -0.2) is 9.67 Å². The van der Waals surface area contributed by atoms with Crippen LogP contribution in [0.15, 0.2) is 18.3 Å². The minimum atomic E-state index is 0.440. The normalized spacial score (nSPS) is 21.9. The van der Waals surface area contributed by atoms with Gasteiger partial charge in [-0.2, -0.15) is 0 Å². The van der Waals surface area contributed by atoms with Crippen LogP contribution >= 0.6 is 11.8 Å². The molecule has 2 aromatic heterocycles.